The maximum Gasteiger partial charge on any atom is 0.254 e. The maximum absolute atomic E-state index is 12.6. The number of amides is 1. The number of halogens is 1. The highest BCUT2D eigenvalue weighted by Gasteiger charge is 2.21. The van der Waals surface area contributed by atoms with E-state index in [-0.39, 0.29) is 18.3 Å². The Balaban J connectivity index is 0.00000220. The van der Waals surface area contributed by atoms with Crippen molar-refractivity contribution in [2.45, 2.75) is 32.1 Å². The summed E-state index contributed by atoms with van der Waals surface area (Å²) in [5.41, 5.74) is 7.06. The van der Waals surface area contributed by atoms with Crippen molar-refractivity contribution in [3.8, 4) is 0 Å². The van der Waals surface area contributed by atoms with Gasteiger partial charge in [-0.15, -0.1) is 19.0 Å². The molecule has 0 bridgehead atoms. The summed E-state index contributed by atoms with van der Waals surface area (Å²) >= 11 is 0. The van der Waals surface area contributed by atoms with Crippen molar-refractivity contribution in [2.75, 3.05) is 18.8 Å². The summed E-state index contributed by atoms with van der Waals surface area (Å²) in [5, 5.41) is 0. The van der Waals surface area contributed by atoms with Crippen LogP contribution in [0.5, 0.6) is 0 Å². The van der Waals surface area contributed by atoms with Gasteiger partial charge in [0.25, 0.3) is 5.91 Å². The molecule has 0 spiro atoms. The molecule has 0 radical (unpaired) electrons. The van der Waals surface area contributed by atoms with Crippen molar-refractivity contribution in [3.05, 3.63) is 42.5 Å². The minimum Gasteiger partial charge on any atom is -0.399 e. The summed E-state index contributed by atoms with van der Waals surface area (Å²) in [6.45, 7) is 5.20. The SMILES string of the molecule is C=CCN(CC1CCCCC1)C(=O)c1cccc(N)c1.Cl. The Kier molecular flexibility index (Phi) is 7.30. The van der Waals surface area contributed by atoms with Crippen LogP contribution in [0.25, 0.3) is 0 Å². The Labute approximate surface area is 133 Å². The summed E-state index contributed by atoms with van der Waals surface area (Å²) in [6, 6.07) is 7.21. The number of nitrogen functional groups attached to an aromatic ring is 1. The van der Waals surface area contributed by atoms with Crippen molar-refractivity contribution in [3.63, 3.8) is 0 Å². The Hall–Kier alpha value is -1.48. The molecule has 0 aliphatic heterocycles. The molecule has 1 saturated carbocycles. The molecule has 21 heavy (non-hydrogen) atoms. The zero-order valence-corrected chi connectivity index (χ0v) is 13.3. The molecule has 1 amide bonds. The first-order chi connectivity index (χ1) is 9.70. The monoisotopic (exact) mass is 308 g/mol. The Morgan fingerprint density at radius 2 is 2.05 bits per heavy atom. The van der Waals surface area contributed by atoms with Gasteiger partial charge in [-0.05, 0) is 37.0 Å². The zero-order valence-electron chi connectivity index (χ0n) is 12.5. The number of carbonyl (C=O) groups excluding carboxylic acids is 1. The van der Waals surface area contributed by atoms with Crippen molar-refractivity contribution in [1.29, 1.82) is 0 Å². The molecule has 1 aromatic rings. The van der Waals surface area contributed by atoms with Crippen molar-refractivity contribution < 1.29 is 4.79 Å². The van der Waals surface area contributed by atoms with Crippen LogP contribution in [0, 0.1) is 5.92 Å². The molecule has 0 unspecified atom stereocenters. The fourth-order valence-corrected chi connectivity index (χ4v) is 2.93. The van der Waals surface area contributed by atoms with Crippen LogP contribution in [0.15, 0.2) is 36.9 Å². The molecule has 1 fully saturated rings. The second kappa shape index (κ2) is 8.73. The van der Waals surface area contributed by atoms with Crippen molar-refractivity contribution in [1.82, 2.24) is 4.90 Å². The average Bonchev–Trinajstić information content (AvgIpc) is 2.47. The summed E-state index contributed by atoms with van der Waals surface area (Å²) in [4.78, 5) is 14.5. The van der Waals surface area contributed by atoms with Gasteiger partial charge in [0.15, 0.2) is 0 Å². The van der Waals surface area contributed by atoms with E-state index in [2.05, 4.69) is 6.58 Å². The summed E-state index contributed by atoms with van der Waals surface area (Å²) in [7, 11) is 0. The molecule has 3 nitrogen and oxygen atoms in total. The lowest BCUT2D eigenvalue weighted by Crippen LogP contribution is -2.36. The van der Waals surface area contributed by atoms with Gasteiger partial charge in [-0.2, -0.15) is 0 Å². The summed E-state index contributed by atoms with van der Waals surface area (Å²) in [5.74, 6) is 0.691. The quantitative estimate of drug-likeness (QED) is 0.662. The van der Waals surface area contributed by atoms with Crippen LogP contribution >= 0.6 is 12.4 Å². The summed E-state index contributed by atoms with van der Waals surface area (Å²) in [6.07, 6.45) is 8.18. The highest BCUT2D eigenvalue weighted by molar-refractivity contribution is 5.95. The maximum atomic E-state index is 12.6. The average molecular weight is 309 g/mol. The van der Waals surface area contributed by atoms with Crippen LogP contribution < -0.4 is 5.73 Å². The first-order valence-corrected chi connectivity index (χ1v) is 7.46. The van der Waals surface area contributed by atoms with E-state index in [0.717, 1.165) is 6.54 Å². The number of rotatable bonds is 5. The molecule has 116 valence electrons. The third kappa shape index (κ3) is 5.09. The van der Waals surface area contributed by atoms with Gasteiger partial charge in [-0.25, -0.2) is 0 Å². The van der Waals surface area contributed by atoms with Crippen LogP contribution in [0.2, 0.25) is 0 Å². The van der Waals surface area contributed by atoms with Gasteiger partial charge in [0.2, 0.25) is 0 Å². The lowest BCUT2D eigenvalue weighted by Gasteiger charge is -2.29. The normalized spacial score (nSPS) is 15.0. The number of hydrogen-bond donors (Lipinski definition) is 1. The van der Waals surface area contributed by atoms with Crippen LogP contribution in [-0.2, 0) is 0 Å². The summed E-state index contributed by atoms with van der Waals surface area (Å²) < 4.78 is 0. The Morgan fingerprint density at radius 1 is 1.33 bits per heavy atom. The number of hydrogen-bond acceptors (Lipinski definition) is 2. The number of anilines is 1. The van der Waals surface area contributed by atoms with E-state index in [1.807, 2.05) is 17.0 Å². The van der Waals surface area contributed by atoms with Gasteiger partial charge in [0, 0.05) is 24.3 Å². The minimum atomic E-state index is 0. The molecule has 1 aromatic carbocycles. The van der Waals surface area contributed by atoms with E-state index in [1.54, 1.807) is 18.2 Å². The van der Waals surface area contributed by atoms with Crippen molar-refractivity contribution in [2.24, 2.45) is 5.92 Å². The first kappa shape index (κ1) is 17.6. The van der Waals surface area contributed by atoms with Crippen molar-refractivity contribution >= 4 is 24.0 Å². The van der Waals surface area contributed by atoms with Gasteiger partial charge in [-0.1, -0.05) is 31.4 Å². The van der Waals surface area contributed by atoms with Gasteiger partial charge in [0.1, 0.15) is 0 Å². The molecule has 2 rings (SSSR count). The molecule has 1 aliphatic rings. The lowest BCUT2D eigenvalue weighted by atomic mass is 9.89. The molecule has 1 aliphatic carbocycles. The zero-order chi connectivity index (χ0) is 14.4. The van der Waals surface area contributed by atoms with E-state index in [4.69, 9.17) is 5.73 Å². The Morgan fingerprint density at radius 3 is 2.67 bits per heavy atom. The van der Waals surface area contributed by atoms with Gasteiger partial charge < -0.3 is 10.6 Å². The second-order valence-corrected chi connectivity index (χ2v) is 5.63. The van der Waals surface area contributed by atoms with E-state index in [1.165, 1.54) is 32.1 Å². The largest absolute Gasteiger partial charge is 0.399 e. The fourth-order valence-electron chi connectivity index (χ4n) is 2.93. The Bertz CT molecular complexity index is 470. The topological polar surface area (TPSA) is 46.3 Å². The number of benzene rings is 1. The molecule has 0 aromatic heterocycles. The van der Waals surface area contributed by atoms with E-state index in [9.17, 15) is 4.79 Å². The van der Waals surface area contributed by atoms with E-state index < -0.39 is 0 Å². The smallest absolute Gasteiger partial charge is 0.254 e. The first-order valence-electron chi connectivity index (χ1n) is 7.46. The third-order valence-corrected chi connectivity index (χ3v) is 3.97. The number of carbonyl (C=O) groups is 1. The molecule has 0 atom stereocenters. The van der Waals surface area contributed by atoms with Crippen LogP contribution in [0.3, 0.4) is 0 Å². The predicted molar refractivity (Wildman–Crippen MR) is 90.8 cm³/mol. The van der Waals surface area contributed by atoms with Gasteiger partial charge in [0.05, 0.1) is 0 Å². The van der Waals surface area contributed by atoms with Gasteiger partial charge in [-0.3, -0.25) is 4.79 Å². The standard InChI is InChI=1S/C17H24N2O.ClH/c1-2-11-19(13-14-7-4-3-5-8-14)17(20)15-9-6-10-16(18)12-15;/h2,6,9-10,12,14H,1,3-5,7-8,11,13,18H2;1H. The van der Waals surface area contributed by atoms with Crippen LogP contribution in [0.4, 0.5) is 5.69 Å². The fraction of sp³-hybridized carbons (Fsp3) is 0.471. The van der Waals surface area contributed by atoms with Crippen LogP contribution in [-0.4, -0.2) is 23.9 Å². The lowest BCUT2D eigenvalue weighted by molar-refractivity contribution is 0.0735. The minimum absolute atomic E-state index is 0. The number of nitrogens with zero attached hydrogens (tertiary/aromatic N) is 1. The molecular weight excluding hydrogens is 284 g/mol. The number of nitrogens with two attached hydrogens (primary N) is 1. The van der Waals surface area contributed by atoms with E-state index in [0.29, 0.717) is 23.7 Å². The second-order valence-electron chi connectivity index (χ2n) is 5.63. The highest BCUT2D eigenvalue weighted by Crippen LogP contribution is 2.25. The molecular formula is C17H25ClN2O. The molecule has 2 N–H and O–H groups in total. The molecule has 0 saturated heterocycles. The van der Waals surface area contributed by atoms with Gasteiger partial charge >= 0.3 is 0 Å². The third-order valence-electron chi connectivity index (χ3n) is 3.97. The van der Waals surface area contributed by atoms with Crippen LogP contribution in [0.1, 0.15) is 42.5 Å². The molecule has 4 heteroatoms. The molecule has 0 heterocycles. The van der Waals surface area contributed by atoms with E-state index >= 15 is 0 Å². The highest BCUT2D eigenvalue weighted by atomic mass is 35.5. The predicted octanol–water partition coefficient (Wildman–Crippen LogP) is 3.90.